The molecule has 3 aromatic rings. The number of likely N-dealkylation sites (N-methyl/N-ethyl adjacent to an activating group) is 1. The van der Waals surface area contributed by atoms with E-state index in [0.717, 1.165) is 52.3 Å². The number of benzene rings is 2. The number of piperidine rings is 1. The molecule has 18 N–H and O–H groups in total. The van der Waals surface area contributed by atoms with Gasteiger partial charge in [-0.3, -0.25) is 63.1 Å². The summed E-state index contributed by atoms with van der Waals surface area (Å²) in [7, 11) is 3.81. The number of aliphatic hydroxyl groups excluding tert-OH is 1. The summed E-state index contributed by atoms with van der Waals surface area (Å²) < 4.78 is 10.8. The van der Waals surface area contributed by atoms with E-state index in [-0.39, 0.29) is 84.4 Å². The number of rotatable bonds is 52. The number of carboxylic acids is 6. The SMILES string of the molecule is CCCC(=O)OCN(C(=O)[C@@H](NC(=O)[C@H]1CCCCN1C)C(C)CC)[C@H](C[C@@H](O)c1nc(C(=O)N[C@@H](Cc2ccc(O)cc2)C[C@H](C)C(=O)NNC(=O)OCCSSC[C@H](NC(=O)[C@H](Cc2ccccc2)NC(=O)[C@H](CC(=O)O)NC(=O)CC[C@H](NC(=O)CC[C@@H](NC(=S)N[C@H](CCC(=O)O)C(=O)O)C(=O)O)C(=O)O)C(=O)O)cs1)C(C)C. The number of esters is 1. The number of hydrazine groups is 1. The number of hydrogen-bond acceptors (Lipinski definition) is 26. The molecule has 1 fully saturated rings. The quantitative estimate of drug-likeness (QED) is 0.00964. The number of carbonyl (C=O) groups is 16. The van der Waals surface area contributed by atoms with Crippen molar-refractivity contribution in [1.82, 2.24) is 68.2 Å². The maximum Gasteiger partial charge on any atom is 0.426 e. The number of phenols is 1. The molecule has 2 aromatic carbocycles. The second-order valence-corrected chi connectivity index (χ2v) is 32.4. The zero-order valence-corrected chi connectivity index (χ0v) is 69.6. The Bertz CT molecular complexity index is 3920. The molecule has 2 heterocycles. The van der Waals surface area contributed by atoms with Crippen LogP contribution in [0.4, 0.5) is 4.79 Å². The minimum atomic E-state index is -1.93. The van der Waals surface area contributed by atoms with Gasteiger partial charge in [0, 0.05) is 73.4 Å². The molecule has 1 aliphatic heterocycles. The molecule has 0 aliphatic carbocycles. The third-order valence-corrected chi connectivity index (χ3v) is 22.4. The van der Waals surface area contributed by atoms with Crippen LogP contribution < -0.4 is 53.4 Å². The summed E-state index contributed by atoms with van der Waals surface area (Å²) in [6.07, 6.45) is -3.90. The van der Waals surface area contributed by atoms with Crippen molar-refractivity contribution in [2.24, 2.45) is 17.8 Å². The summed E-state index contributed by atoms with van der Waals surface area (Å²) in [5, 5.41) is 100. The molecule has 0 spiro atoms. The van der Waals surface area contributed by atoms with Crippen LogP contribution in [0.5, 0.6) is 5.75 Å². The lowest BCUT2D eigenvalue weighted by molar-refractivity contribution is -0.159. The van der Waals surface area contributed by atoms with Gasteiger partial charge in [0.2, 0.25) is 41.4 Å². The summed E-state index contributed by atoms with van der Waals surface area (Å²) in [6, 6.07) is 0.960. The lowest BCUT2D eigenvalue weighted by Gasteiger charge is -2.39. The predicted octanol–water partition coefficient (Wildman–Crippen LogP) is 2.57. The minimum absolute atomic E-state index is 0.0189. The van der Waals surface area contributed by atoms with Gasteiger partial charge in [-0.1, -0.05) is 118 Å². The van der Waals surface area contributed by atoms with Crippen molar-refractivity contribution < 1.29 is 127 Å². The average molecular weight is 1740 g/mol. The van der Waals surface area contributed by atoms with E-state index in [1.165, 1.54) is 29.3 Å². The van der Waals surface area contributed by atoms with Gasteiger partial charge in [-0.2, -0.15) is 0 Å². The van der Waals surface area contributed by atoms with Gasteiger partial charge in [0.15, 0.2) is 11.8 Å². The van der Waals surface area contributed by atoms with Gasteiger partial charge in [0.25, 0.3) is 5.91 Å². The molecule has 1 unspecified atom stereocenters. The fourth-order valence-electron chi connectivity index (χ4n) is 12.1. The maximum atomic E-state index is 14.8. The Morgan fingerprint density at radius 3 is 1.77 bits per heavy atom. The van der Waals surface area contributed by atoms with E-state index in [0.29, 0.717) is 30.4 Å². The molecular formula is C75H107N13O26S4. The van der Waals surface area contributed by atoms with Gasteiger partial charge >= 0.3 is 47.9 Å². The summed E-state index contributed by atoms with van der Waals surface area (Å²) in [5.41, 5.74) is 5.44. The van der Waals surface area contributed by atoms with Crippen LogP contribution in [-0.4, -0.2) is 255 Å². The fraction of sp³-hybridized carbons (Fsp3) is 0.573. The van der Waals surface area contributed by atoms with Gasteiger partial charge in [0.05, 0.1) is 12.5 Å². The molecule has 43 heteroatoms. The molecule has 652 valence electrons. The van der Waals surface area contributed by atoms with Crippen LogP contribution in [0.3, 0.4) is 0 Å². The summed E-state index contributed by atoms with van der Waals surface area (Å²) >= 11 is 5.96. The summed E-state index contributed by atoms with van der Waals surface area (Å²) in [5.74, 6) is -18.2. The molecule has 1 aliphatic rings. The standard InChI is InChI=1S/C75H107N13O26S4/c1-8-15-61(97)114-39-88(69(103)62(41(5)9-2)84-67(102)54-18-13-14-29-87(54)7)55(40(3)4)36-56(90)68-81-52(37-116-68)66(101)76-45(33-44-19-21-46(89)22-20-44)32-42(6)63(98)85-86-75(112)113-30-31-117-118-38-53(73(110)111)80-64(99)50(34-43-16-11-10-12-17-43)79-65(100)51(35-60(95)96)78-58(92)26-23-47(70(104)105)77-57(91)27-24-48(71(106)107)82-74(115)83-49(72(108)109)25-28-59(93)94/h10-12,16-17,19-22,37,40-42,45,47-51,53-56,62,89-90H,8-9,13-15,18,23-36,38-39H2,1-7H3,(H,76,101)(H,77,91)(H,78,92)(H,79,100)(H,80,99)(H,84,102)(H,85,98)(H,86,112)(H,93,94)(H,95,96)(H,104,105)(H,106,107)(H,108,109)(H,110,111)(H2,82,83,115)/t41?,42-,45+,47-,48+,49+,50-,51-,53-,54+,55+,56+,62-/m0/s1. The number of hydrogen-bond donors (Lipinski definition) is 18. The molecule has 13 atom stereocenters. The zero-order chi connectivity index (χ0) is 87.9. The third-order valence-electron chi connectivity index (χ3n) is 18.8. The highest BCUT2D eigenvalue weighted by Crippen LogP contribution is 2.30. The number of nitrogens with one attached hydrogen (secondary N) is 10. The number of aliphatic carboxylic acids is 6. The van der Waals surface area contributed by atoms with Crippen LogP contribution in [-0.2, 0) is 89.4 Å². The number of likely N-dealkylation sites (tertiary alicyclic amines) is 1. The number of thiazole rings is 1. The van der Waals surface area contributed by atoms with E-state index >= 15 is 0 Å². The van der Waals surface area contributed by atoms with Crippen LogP contribution in [0.1, 0.15) is 171 Å². The third kappa shape index (κ3) is 36.2. The lowest BCUT2D eigenvalue weighted by Crippen LogP contribution is -2.59. The molecule has 118 heavy (non-hydrogen) atoms. The molecule has 0 bridgehead atoms. The van der Waals surface area contributed by atoms with Gasteiger partial charge in [-0.15, -0.1) is 11.3 Å². The number of aromatic nitrogens is 1. The van der Waals surface area contributed by atoms with Crippen molar-refractivity contribution in [2.45, 2.75) is 217 Å². The monoisotopic (exact) mass is 1730 g/mol. The second kappa shape index (κ2) is 51.6. The van der Waals surface area contributed by atoms with Crippen LogP contribution in [0, 0.1) is 17.8 Å². The molecule has 0 saturated carbocycles. The van der Waals surface area contributed by atoms with Gasteiger partial charge in [-0.05, 0) is 112 Å². The Labute approximate surface area is 697 Å². The molecule has 1 saturated heterocycles. The summed E-state index contributed by atoms with van der Waals surface area (Å²) in [6.45, 7) is 10.7. The van der Waals surface area contributed by atoms with Crippen molar-refractivity contribution in [3.8, 4) is 5.75 Å². The molecule has 9 amide bonds. The number of thiocarbonyl (C=S) groups is 1. The van der Waals surface area contributed by atoms with Crippen molar-refractivity contribution in [1.29, 1.82) is 0 Å². The highest BCUT2D eigenvalue weighted by Gasteiger charge is 2.40. The van der Waals surface area contributed by atoms with E-state index < -0.39 is 218 Å². The first kappa shape index (κ1) is 99.9. The Kier molecular flexibility index (Phi) is 43.7. The molecule has 4 rings (SSSR count). The van der Waals surface area contributed by atoms with Crippen LogP contribution in [0.15, 0.2) is 60.0 Å². The number of phenolic OH excluding ortho intramolecular Hbond substituents is 1. The highest BCUT2D eigenvalue weighted by molar-refractivity contribution is 8.76. The van der Waals surface area contributed by atoms with E-state index in [9.17, 15) is 112 Å². The van der Waals surface area contributed by atoms with Crippen LogP contribution in [0.25, 0.3) is 0 Å². The van der Waals surface area contributed by atoms with Gasteiger partial charge in [-0.25, -0.2) is 34.4 Å². The Morgan fingerprint density at radius 1 is 0.627 bits per heavy atom. The summed E-state index contributed by atoms with van der Waals surface area (Å²) in [4.78, 5) is 215. The van der Waals surface area contributed by atoms with Gasteiger partial charge < -0.3 is 97.8 Å². The topological polar surface area (TPSA) is 593 Å². The first-order valence-electron chi connectivity index (χ1n) is 38.1. The highest BCUT2D eigenvalue weighted by atomic mass is 33.1. The van der Waals surface area contributed by atoms with Crippen LogP contribution >= 0.6 is 45.1 Å². The fourth-order valence-corrected chi connectivity index (χ4v) is 15.1. The Morgan fingerprint density at radius 2 is 1.20 bits per heavy atom. The number of aromatic hydroxyl groups is 1. The smallest absolute Gasteiger partial charge is 0.426 e. The Hall–Kier alpha value is -10.5. The van der Waals surface area contributed by atoms with E-state index in [4.69, 9.17) is 26.8 Å². The van der Waals surface area contributed by atoms with Crippen LogP contribution in [0.2, 0.25) is 0 Å². The van der Waals surface area contributed by atoms with E-state index in [1.54, 1.807) is 42.5 Å². The van der Waals surface area contributed by atoms with Crippen molar-refractivity contribution in [3.05, 3.63) is 81.8 Å². The van der Waals surface area contributed by atoms with Crippen molar-refractivity contribution >= 4 is 145 Å². The zero-order valence-electron chi connectivity index (χ0n) is 66.3. The average Bonchev–Trinajstić information content (AvgIpc) is 1.05. The molecular weight excluding hydrogens is 1630 g/mol. The number of ether oxygens (including phenoxy) is 2. The number of amides is 9. The lowest BCUT2D eigenvalue weighted by atomic mass is 9.92. The predicted molar refractivity (Wildman–Crippen MR) is 432 cm³/mol. The first-order chi connectivity index (χ1) is 55.8. The van der Waals surface area contributed by atoms with Crippen molar-refractivity contribution in [2.75, 3.05) is 38.4 Å². The number of carboxylic acid groups (broad SMARTS) is 6. The second-order valence-electron chi connectivity index (χ2n) is 28.5. The number of aliphatic hydroxyl groups is 1. The molecule has 39 nitrogen and oxygen atoms in total. The van der Waals surface area contributed by atoms with Gasteiger partial charge in [0.1, 0.15) is 71.5 Å². The number of carbonyl (C=O) groups excluding carboxylic acids is 10. The molecule has 1 aromatic heterocycles. The van der Waals surface area contributed by atoms with E-state index in [2.05, 4.69) is 58.4 Å². The van der Waals surface area contributed by atoms with Crippen molar-refractivity contribution in [3.63, 3.8) is 0 Å². The normalized spacial score (nSPS) is 15.7. The number of nitrogens with zero attached hydrogens (tertiary/aromatic N) is 3. The Balaban J connectivity index is 1.33. The largest absolute Gasteiger partial charge is 0.508 e. The minimum Gasteiger partial charge on any atom is -0.508 e. The maximum absolute atomic E-state index is 14.8. The molecule has 0 radical (unpaired) electrons. The first-order valence-corrected chi connectivity index (χ1v) is 41.9. The van der Waals surface area contributed by atoms with E-state index in [1.807, 2.05) is 46.6 Å².